The van der Waals surface area contributed by atoms with Crippen molar-refractivity contribution in [3.8, 4) is 11.4 Å². The zero-order chi connectivity index (χ0) is 17.2. The van der Waals surface area contributed by atoms with Gasteiger partial charge in [-0.25, -0.2) is 0 Å². The highest BCUT2D eigenvalue weighted by Crippen LogP contribution is 2.30. The van der Waals surface area contributed by atoms with Gasteiger partial charge in [-0.15, -0.1) is 0 Å². The van der Waals surface area contributed by atoms with Crippen molar-refractivity contribution in [2.24, 2.45) is 0 Å². The third-order valence-corrected chi connectivity index (χ3v) is 4.18. The lowest BCUT2D eigenvalue weighted by atomic mass is 10.1. The summed E-state index contributed by atoms with van der Waals surface area (Å²) in [4.78, 5) is 12.6. The first-order chi connectivity index (χ1) is 12.2. The van der Waals surface area contributed by atoms with E-state index in [1.807, 2.05) is 65.5 Å². The third kappa shape index (κ3) is 2.85. The maximum Gasteiger partial charge on any atom is 0.255 e. The molecule has 4 aromatic rings. The van der Waals surface area contributed by atoms with Crippen molar-refractivity contribution in [2.45, 2.75) is 0 Å². The molecular weight excluding hydrogens is 312 g/mol. The Labute approximate surface area is 145 Å². The number of carbonyl (C=O) groups is 1. The van der Waals surface area contributed by atoms with Gasteiger partial charge in [-0.05, 0) is 48.5 Å². The summed E-state index contributed by atoms with van der Waals surface area (Å²) >= 11 is 0. The van der Waals surface area contributed by atoms with Crippen LogP contribution in [0.4, 0.5) is 5.69 Å². The van der Waals surface area contributed by atoms with Crippen molar-refractivity contribution in [1.82, 2.24) is 4.57 Å². The summed E-state index contributed by atoms with van der Waals surface area (Å²) < 4.78 is 1.98. The number of anilines is 1. The fourth-order valence-corrected chi connectivity index (χ4v) is 2.89. The predicted molar refractivity (Wildman–Crippen MR) is 99.3 cm³/mol. The minimum absolute atomic E-state index is 0.185. The molecule has 0 aliphatic rings. The number of amides is 1. The highest BCUT2D eigenvalue weighted by molar-refractivity contribution is 6.09. The van der Waals surface area contributed by atoms with Crippen molar-refractivity contribution in [2.75, 3.05) is 5.32 Å². The average Bonchev–Trinajstić information content (AvgIpc) is 3.17. The summed E-state index contributed by atoms with van der Waals surface area (Å²) in [5.74, 6) is 0.0135. The second kappa shape index (κ2) is 6.17. The molecule has 2 N–H and O–H groups in total. The lowest BCUT2D eigenvalue weighted by Gasteiger charge is -2.10. The van der Waals surface area contributed by atoms with Crippen LogP contribution in [0.5, 0.6) is 5.75 Å². The second-order valence-electron chi connectivity index (χ2n) is 5.77. The molecule has 4 nitrogen and oxygen atoms in total. The quantitative estimate of drug-likeness (QED) is 0.578. The molecular formula is C21H16N2O2. The van der Waals surface area contributed by atoms with Crippen LogP contribution in [0.1, 0.15) is 10.4 Å². The van der Waals surface area contributed by atoms with Crippen molar-refractivity contribution in [1.29, 1.82) is 0 Å². The molecule has 3 aromatic carbocycles. The monoisotopic (exact) mass is 328 g/mol. The summed E-state index contributed by atoms with van der Waals surface area (Å²) in [6.07, 6.45) is 3.91. The molecule has 0 radical (unpaired) electrons. The van der Waals surface area contributed by atoms with Crippen LogP contribution in [0.15, 0.2) is 85.2 Å². The number of aromatic hydroxyl groups is 1. The first-order valence-electron chi connectivity index (χ1n) is 7.98. The van der Waals surface area contributed by atoms with E-state index in [0.717, 1.165) is 11.1 Å². The Balaban J connectivity index is 1.61. The molecule has 0 unspecified atom stereocenters. The number of hydrogen-bond donors (Lipinski definition) is 2. The van der Waals surface area contributed by atoms with Crippen molar-refractivity contribution >= 4 is 22.4 Å². The third-order valence-electron chi connectivity index (χ3n) is 4.18. The van der Waals surface area contributed by atoms with Gasteiger partial charge in [-0.1, -0.05) is 24.3 Å². The first-order valence-corrected chi connectivity index (χ1v) is 7.98. The fourth-order valence-electron chi connectivity index (χ4n) is 2.89. The number of phenolic OH excluding ortho intramolecular Hbond substituents is 1. The van der Waals surface area contributed by atoms with Crippen LogP contribution in [-0.2, 0) is 0 Å². The number of nitrogens with one attached hydrogen (secondary N) is 1. The molecule has 0 saturated carbocycles. The lowest BCUT2D eigenvalue weighted by Crippen LogP contribution is -2.12. The van der Waals surface area contributed by atoms with Gasteiger partial charge in [-0.2, -0.15) is 0 Å². The van der Waals surface area contributed by atoms with Crippen LogP contribution < -0.4 is 5.32 Å². The molecule has 1 amide bonds. The van der Waals surface area contributed by atoms with Crippen LogP contribution in [0.2, 0.25) is 0 Å². The molecule has 0 atom stereocenters. The predicted octanol–water partition coefficient (Wildman–Crippen LogP) is 4.59. The van der Waals surface area contributed by atoms with Gasteiger partial charge < -0.3 is 15.0 Å². The molecule has 4 heteroatoms. The normalized spacial score (nSPS) is 10.7. The highest BCUT2D eigenvalue weighted by atomic mass is 16.3. The number of hydrogen-bond acceptors (Lipinski definition) is 2. The minimum atomic E-state index is -0.185. The van der Waals surface area contributed by atoms with Gasteiger partial charge in [0, 0.05) is 40.1 Å². The second-order valence-corrected chi connectivity index (χ2v) is 5.77. The van der Waals surface area contributed by atoms with E-state index >= 15 is 0 Å². The standard InChI is InChI=1S/C21H16N2O2/c24-20-8-4-5-17-18(20)6-3-7-19(17)22-21(25)15-9-11-16(12-10-15)23-13-1-2-14-23/h1-14,24H,(H,22,25). The van der Waals surface area contributed by atoms with Gasteiger partial charge in [0.05, 0.1) is 0 Å². The van der Waals surface area contributed by atoms with E-state index in [0.29, 0.717) is 16.6 Å². The zero-order valence-corrected chi connectivity index (χ0v) is 13.4. The van der Waals surface area contributed by atoms with Crippen molar-refractivity contribution in [3.63, 3.8) is 0 Å². The molecule has 1 aromatic heterocycles. The Morgan fingerprint density at radius 3 is 2.24 bits per heavy atom. The molecule has 0 bridgehead atoms. The Morgan fingerprint density at radius 1 is 0.800 bits per heavy atom. The minimum Gasteiger partial charge on any atom is -0.507 e. The first kappa shape index (κ1) is 15.0. The van der Waals surface area contributed by atoms with Gasteiger partial charge in [0.1, 0.15) is 5.75 Å². The van der Waals surface area contributed by atoms with Crippen molar-refractivity contribution in [3.05, 3.63) is 90.8 Å². The molecule has 0 spiro atoms. The summed E-state index contributed by atoms with van der Waals surface area (Å²) in [6.45, 7) is 0. The number of phenols is 1. The van der Waals surface area contributed by atoms with E-state index in [1.54, 1.807) is 24.3 Å². The number of carbonyl (C=O) groups excluding carboxylic acids is 1. The fraction of sp³-hybridized carbons (Fsp3) is 0. The average molecular weight is 328 g/mol. The van der Waals surface area contributed by atoms with Gasteiger partial charge >= 0.3 is 0 Å². The molecule has 0 fully saturated rings. The van der Waals surface area contributed by atoms with Gasteiger partial charge in [0.2, 0.25) is 0 Å². The lowest BCUT2D eigenvalue weighted by molar-refractivity contribution is 0.102. The summed E-state index contributed by atoms with van der Waals surface area (Å²) in [6, 6.07) is 22.1. The van der Waals surface area contributed by atoms with Crippen molar-refractivity contribution < 1.29 is 9.90 Å². The van der Waals surface area contributed by atoms with E-state index in [2.05, 4.69) is 5.32 Å². The van der Waals surface area contributed by atoms with Gasteiger partial charge in [0.25, 0.3) is 5.91 Å². The molecule has 4 rings (SSSR count). The van der Waals surface area contributed by atoms with E-state index < -0.39 is 0 Å². The molecule has 0 aliphatic heterocycles. The Morgan fingerprint density at radius 2 is 1.48 bits per heavy atom. The largest absolute Gasteiger partial charge is 0.507 e. The van der Waals surface area contributed by atoms with Crippen LogP contribution in [-0.4, -0.2) is 15.6 Å². The Bertz CT molecular complexity index is 1040. The maximum atomic E-state index is 12.6. The maximum absolute atomic E-state index is 12.6. The topological polar surface area (TPSA) is 54.3 Å². The smallest absolute Gasteiger partial charge is 0.255 e. The highest BCUT2D eigenvalue weighted by Gasteiger charge is 2.10. The Hall–Kier alpha value is -3.53. The van der Waals surface area contributed by atoms with E-state index in [-0.39, 0.29) is 11.7 Å². The summed E-state index contributed by atoms with van der Waals surface area (Å²) in [5, 5.41) is 14.4. The van der Waals surface area contributed by atoms with Gasteiger partial charge in [-0.3, -0.25) is 4.79 Å². The summed E-state index contributed by atoms with van der Waals surface area (Å²) in [7, 11) is 0. The molecule has 25 heavy (non-hydrogen) atoms. The molecule has 122 valence electrons. The summed E-state index contributed by atoms with van der Waals surface area (Å²) in [5.41, 5.74) is 2.25. The molecule has 1 heterocycles. The van der Waals surface area contributed by atoms with Gasteiger partial charge in [0.15, 0.2) is 0 Å². The van der Waals surface area contributed by atoms with E-state index in [9.17, 15) is 9.90 Å². The zero-order valence-electron chi connectivity index (χ0n) is 13.4. The van der Waals surface area contributed by atoms with E-state index in [4.69, 9.17) is 0 Å². The number of nitrogens with zero attached hydrogens (tertiary/aromatic N) is 1. The van der Waals surface area contributed by atoms with Crippen LogP contribution in [0.25, 0.3) is 16.5 Å². The van der Waals surface area contributed by atoms with E-state index in [1.165, 1.54) is 0 Å². The Kier molecular flexibility index (Phi) is 3.71. The number of fused-ring (bicyclic) bond motifs is 1. The molecule has 0 aliphatic carbocycles. The van der Waals surface area contributed by atoms with Crippen LogP contribution >= 0.6 is 0 Å². The number of aromatic nitrogens is 1. The number of rotatable bonds is 3. The van der Waals surface area contributed by atoms with Crippen LogP contribution in [0.3, 0.4) is 0 Å². The number of benzene rings is 3. The van der Waals surface area contributed by atoms with Crippen LogP contribution in [0, 0.1) is 0 Å². The molecule has 0 saturated heterocycles. The SMILES string of the molecule is O=C(Nc1cccc2c(O)cccc12)c1ccc(-n2cccc2)cc1.